The molecule has 0 bridgehead atoms. The van der Waals surface area contributed by atoms with Crippen molar-refractivity contribution < 1.29 is 37.0 Å². The molecular formula is C25H19F4NO4. The zero-order valence-electron chi connectivity index (χ0n) is 17.6. The highest BCUT2D eigenvalue weighted by Gasteiger charge is 2.36. The molecule has 4 rings (SSSR count). The maximum Gasteiger partial charge on any atom is 0.416 e. The number of alkyl carbamates (subject to hydrolysis) is 1. The first-order chi connectivity index (χ1) is 16.2. The molecule has 0 radical (unpaired) electrons. The summed E-state index contributed by atoms with van der Waals surface area (Å²) in [4.78, 5) is 24.0. The average molecular weight is 473 g/mol. The van der Waals surface area contributed by atoms with Crippen molar-refractivity contribution >= 4 is 12.1 Å². The highest BCUT2D eigenvalue weighted by Crippen LogP contribution is 2.44. The van der Waals surface area contributed by atoms with Gasteiger partial charge in [0.25, 0.3) is 0 Å². The van der Waals surface area contributed by atoms with Gasteiger partial charge in [0.15, 0.2) is 0 Å². The predicted octanol–water partition coefficient (Wildman–Crippen LogP) is 5.38. The van der Waals surface area contributed by atoms with Crippen LogP contribution in [0.5, 0.6) is 0 Å². The van der Waals surface area contributed by atoms with E-state index in [2.05, 4.69) is 0 Å². The van der Waals surface area contributed by atoms with Crippen LogP contribution in [0, 0.1) is 5.82 Å². The quantitative estimate of drug-likeness (QED) is 0.472. The third-order valence-corrected chi connectivity index (χ3v) is 5.77. The smallest absolute Gasteiger partial charge is 0.416 e. The Morgan fingerprint density at radius 3 is 2.09 bits per heavy atom. The lowest BCUT2D eigenvalue weighted by Crippen LogP contribution is -2.43. The first kappa shape index (κ1) is 23.3. The molecule has 1 unspecified atom stereocenters. The number of carbonyl (C=O) groups is 2. The van der Waals surface area contributed by atoms with Crippen LogP contribution in [0.3, 0.4) is 0 Å². The van der Waals surface area contributed by atoms with Crippen LogP contribution in [0.15, 0.2) is 66.7 Å². The van der Waals surface area contributed by atoms with Crippen LogP contribution in [0.1, 0.15) is 28.2 Å². The Morgan fingerprint density at radius 1 is 0.941 bits per heavy atom. The van der Waals surface area contributed by atoms with E-state index in [9.17, 15) is 32.3 Å². The number of carboxylic acid groups (broad SMARTS) is 1. The Hall–Kier alpha value is -3.88. The van der Waals surface area contributed by atoms with Gasteiger partial charge in [-0.1, -0.05) is 54.6 Å². The molecule has 1 aliphatic rings. The fraction of sp³-hybridized carbons (Fsp3) is 0.200. The summed E-state index contributed by atoms with van der Waals surface area (Å²) in [6.45, 7) is -0.111. The summed E-state index contributed by atoms with van der Waals surface area (Å²) in [5, 5.41) is 11.5. The zero-order chi connectivity index (χ0) is 24.5. The van der Waals surface area contributed by atoms with Crippen molar-refractivity contribution in [2.75, 3.05) is 6.61 Å². The molecule has 1 atom stereocenters. The highest BCUT2D eigenvalue weighted by molar-refractivity contribution is 5.81. The van der Waals surface area contributed by atoms with E-state index in [1.807, 2.05) is 53.8 Å². The summed E-state index contributed by atoms with van der Waals surface area (Å²) in [6, 6.07) is 15.7. The molecule has 5 nitrogen and oxygen atoms in total. The maximum absolute atomic E-state index is 14.1. The first-order valence-electron chi connectivity index (χ1n) is 10.4. The number of rotatable bonds is 6. The minimum atomic E-state index is -4.88. The molecule has 0 saturated carbocycles. The molecule has 0 spiro atoms. The summed E-state index contributed by atoms with van der Waals surface area (Å²) in [5.74, 6) is -3.12. The molecule has 0 fully saturated rings. The Balaban J connectivity index is 1.48. The Morgan fingerprint density at radius 2 is 1.53 bits per heavy atom. The zero-order valence-corrected chi connectivity index (χ0v) is 17.6. The number of carbonyl (C=O) groups excluding carboxylic acids is 1. The van der Waals surface area contributed by atoms with Crippen LogP contribution in [0.4, 0.5) is 22.4 Å². The molecule has 2 N–H and O–H groups in total. The number of benzene rings is 3. The van der Waals surface area contributed by atoms with E-state index in [-0.39, 0.29) is 12.5 Å². The molecule has 1 amide bonds. The van der Waals surface area contributed by atoms with Gasteiger partial charge in [-0.3, -0.25) is 0 Å². The van der Waals surface area contributed by atoms with Crippen LogP contribution in [0.2, 0.25) is 0 Å². The Labute approximate surface area is 192 Å². The van der Waals surface area contributed by atoms with E-state index in [1.165, 1.54) is 0 Å². The largest absolute Gasteiger partial charge is 0.480 e. The molecule has 176 valence electrons. The van der Waals surface area contributed by atoms with Gasteiger partial charge in [0.05, 0.1) is 5.56 Å². The molecule has 34 heavy (non-hydrogen) atoms. The van der Waals surface area contributed by atoms with E-state index in [1.54, 1.807) is 0 Å². The summed E-state index contributed by atoms with van der Waals surface area (Å²) >= 11 is 0. The van der Waals surface area contributed by atoms with E-state index < -0.39 is 47.6 Å². The summed E-state index contributed by atoms with van der Waals surface area (Å²) < 4.78 is 59.2. The van der Waals surface area contributed by atoms with E-state index in [0.29, 0.717) is 6.07 Å². The topological polar surface area (TPSA) is 75.6 Å². The number of amides is 1. The van der Waals surface area contributed by atoms with Gasteiger partial charge in [0.1, 0.15) is 18.5 Å². The molecule has 0 aromatic heterocycles. The number of halogens is 4. The molecule has 9 heteroatoms. The van der Waals surface area contributed by atoms with Crippen molar-refractivity contribution in [1.82, 2.24) is 5.32 Å². The second kappa shape index (κ2) is 9.17. The SMILES string of the molecule is O=C(NC(Cc1c(F)cccc1C(F)(F)F)C(=O)O)OCC1c2ccccc2-c2ccccc21. The summed E-state index contributed by atoms with van der Waals surface area (Å²) in [7, 11) is 0. The number of aliphatic carboxylic acids is 1. The number of fused-ring (bicyclic) bond motifs is 3. The molecular weight excluding hydrogens is 454 g/mol. The summed E-state index contributed by atoms with van der Waals surface area (Å²) in [5.41, 5.74) is 1.72. The van der Waals surface area contributed by atoms with Crippen LogP contribution >= 0.6 is 0 Å². The highest BCUT2D eigenvalue weighted by atomic mass is 19.4. The van der Waals surface area contributed by atoms with Crippen molar-refractivity contribution in [3.8, 4) is 11.1 Å². The van der Waals surface area contributed by atoms with Gasteiger partial charge in [-0.2, -0.15) is 13.2 Å². The van der Waals surface area contributed by atoms with Gasteiger partial charge in [0, 0.05) is 17.9 Å². The minimum absolute atomic E-state index is 0.111. The molecule has 3 aromatic rings. The van der Waals surface area contributed by atoms with Crippen molar-refractivity contribution in [2.24, 2.45) is 0 Å². The minimum Gasteiger partial charge on any atom is -0.480 e. The Bertz CT molecular complexity index is 1200. The molecule has 0 saturated heterocycles. The average Bonchev–Trinajstić information content (AvgIpc) is 3.11. The monoisotopic (exact) mass is 473 g/mol. The number of alkyl halides is 3. The Kier molecular flexibility index (Phi) is 6.28. The van der Waals surface area contributed by atoms with Crippen molar-refractivity contribution in [2.45, 2.75) is 24.6 Å². The lowest BCUT2D eigenvalue weighted by atomic mass is 9.98. The van der Waals surface area contributed by atoms with E-state index in [0.717, 1.165) is 34.4 Å². The predicted molar refractivity (Wildman–Crippen MR) is 115 cm³/mol. The number of hydrogen-bond donors (Lipinski definition) is 2. The number of nitrogens with one attached hydrogen (secondary N) is 1. The number of carboxylic acids is 1. The summed E-state index contributed by atoms with van der Waals surface area (Å²) in [6.07, 6.45) is -6.91. The van der Waals surface area contributed by atoms with Gasteiger partial charge in [0.2, 0.25) is 0 Å². The maximum atomic E-state index is 14.1. The van der Waals surface area contributed by atoms with Gasteiger partial charge in [-0.25, -0.2) is 14.0 Å². The van der Waals surface area contributed by atoms with Gasteiger partial charge >= 0.3 is 18.2 Å². The van der Waals surface area contributed by atoms with Gasteiger partial charge < -0.3 is 15.2 Å². The standard InChI is InChI=1S/C25H19F4NO4/c26-21-11-5-10-20(25(27,28)29)18(21)12-22(23(31)32)30-24(33)34-13-19-16-8-3-1-6-14(16)15-7-2-4-9-17(15)19/h1-11,19,22H,12-13H2,(H,30,33)(H,31,32). The third-order valence-electron chi connectivity index (χ3n) is 5.77. The van der Waals surface area contributed by atoms with Crippen molar-refractivity contribution in [1.29, 1.82) is 0 Å². The number of ether oxygens (including phenoxy) is 1. The van der Waals surface area contributed by atoms with Crippen LogP contribution < -0.4 is 5.32 Å². The molecule has 1 aliphatic carbocycles. The van der Waals surface area contributed by atoms with Gasteiger partial charge in [-0.05, 0) is 34.4 Å². The second-order valence-electron chi connectivity index (χ2n) is 7.83. The lowest BCUT2D eigenvalue weighted by molar-refractivity contribution is -0.141. The fourth-order valence-electron chi connectivity index (χ4n) is 4.22. The second-order valence-corrected chi connectivity index (χ2v) is 7.83. The molecule has 0 aliphatic heterocycles. The molecule has 0 heterocycles. The third kappa shape index (κ3) is 4.59. The van der Waals surface area contributed by atoms with Crippen molar-refractivity contribution in [3.63, 3.8) is 0 Å². The van der Waals surface area contributed by atoms with E-state index in [4.69, 9.17) is 4.74 Å². The van der Waals surface area contributed by atoms with Crippen molar-refractivity contribution in [3.05, 3.63) is 94.8 Å². The number of hydrogen-bond acceptors (Lipinski definition) is 3. The first-order valence-corrected chi connectivity index (χ1v) is 10.4. The molecule has 3 aromatic carbocycles. The normalized spacial score (nSPS) is 13.6. The van der Waals surface area contributed by atoms with Gasteiger partial charge in [-0.15, -0.1) is 0 Å². The van der Waals surface area contributed by atoms with E-state index >= 15 is 0 Å². The fourth-order valence-corrected chi connectivity index (χ4v) is 4.22. The lowest BCUT2D eigenvalue weighted by Gasteiger charge is -2.19. The van der Waals surface area contributed by atoms with Crippen LogP contribution in [-0.4, -0.2) is 29.8 Å². The van der Waals surface area contributed by atoms with Crippen LogP contribution in [-0.2, 0) is 22.1 Å². The van der Waals surface area contributed by atoms with Crippen LogP contribution in [0.25, 0.3) is 11.1 Å².